The summed E-state index contributed by atoms with van der Waals surface area (Å²) in [6.07, 6.45) is 0.258. The first-order valence-corrected chi connectivity index (χ1v) is 6.16. The molecule has 0 heterocycles. The maximum atomic E-state index is 11.4. The van der Waals surface area contributed by atoms with E-state index in [1.165, 1.54) is 0 Å². The summed E-state index contributed by atoms with van der Waals surface area (Å²) in [5.74, 6) is 0. The molecule has 1 amide bonds. The van der Waals surface area contributed by atoms with E-state index in [1.54, 1.807) is 11.6 Å². The first-order chi connectivity index (χ1) is 6.78. The first kappa shape index (κ1) is 14.2. The molecule has 90 valence electrons. The Balaban J connectivity index is 4.57. The second-order valence-corrected chi connectivity index (χ2v) is 4.88. The Morgan fingerprint density at radius 2 is 1.80 bits per heavy atom. The van der Waals surface area contributed by atoms with Crippen molar-refractivity contribution in [3.63, 3.8) is 0 Å². The monoisotopic (exact) mass is 238 g/mol. The fourth-order valence-corrected chi connectivity index (χ4v) is 2.19. The molecule has 2 N–H and O–H groups in total. The molecular weight excluding hydrogens is 220 g/mol. The Labute approximate surface area is 90.6 Å². The van der Waals surface area contributed by atoms with Gasteiger partial charge in [-0.3, -0.25) is 0 Å². The van der Waals surface area contributed by atoms with Gasteiger partial charge >= 0.3 is 16.3 Å². The zero-order valence-electron chi connectivity index (χ0n) is 9.46. The average Bonchev–Trinajstić information content (AvgIpc) is 2.16. The normalized spacial score (nSPS) is 12.3. The highest BCUT2D eigenvalue weighted by Gasteiger charge is 2.27. The predicted octanol–water partition coefficient (Wildman–Crippen LogP) is 0.756. The van der Waals surface area contributed by atoms with Crippen LogP contribution in [0.4, 0.5) is 4.79 Å². The van der Waals surface area contributed by atoms with E-state index in [-0.39, 0.29) is 0 Å². The number of nitrogens with one attached hydrogen (secondary N) is 2. The summed E-state index contributed by atoms with van der Waals surface area (Å²) in [7, 11) is -2.75. The van der Waals surface area contributed by atoms with Crippen LogP contribution in [0.3, 0.4) is 0 Å². The minimum Gasteiger partial charge on any atom is -0.452 e. The van der Waals surface area contributed by atoms with Gasteiger partial charge in [-0.05, 0) is 19.8 Å². The molecule has 0 radical (unpaired) electrons. The van der Waals surface area contributed by atoms with Gasteiger partial charge in [0.1, 0.15) is 0 Å². The zero-order valence-corrected chi connectivity index (χ0v) is 10.3. The Kier molecular flexibility index (Phi) is 5.02. The highest BCUT2D eigenvalue weighted by molar-refractivity contribution is 7.88. The summed E-state index contributed by atoms with van der Waals surface area (Å²) >= 11 is 0. The fourth-order valence-electron chi connectivity index (χ4n) is 0.896. The van der Waals surface area contributed by atoms with E-state index in [0.29, 0.717) is 12.8 Å². The average molecular weight is 238 g/mol. The number of amides is 1. The largest absolute Gasteiger partial charge is 0.452 e. The van der Waals surface area contributed by atoms with Gasteiger partial charge in [-0.25, -0.2) is 9.52 Å². The Morgan fingerprint density at radius 1 is 1.33 bits per heavy atom. The standard InChI is InChI=1S/C8H18N2O4S/c1-5-8(3,6-2)10-15(12,13)9-7(11)14-4/h10H,5-6H2,1-4H3,(H,9,11). The third-order valence-electron chi connectivity index (χ3n) is 2.34. The lowest BCUT2D eigenvalue weighted by Crippen LogP contribution is -2.51. The van der Waals surface area contributed by atoms with E-state index in [2.05, 4.69) is 9.46 Å². The van der Waals surface area contributed by atoms with Gasteiger partial charge in [0.25, 0.3) is 0 Å². The van der Waals surface area contributed by atoms with E-state index in [0.717, 1.165) is 7.11 Å². The molecule has 0 atom stereocenters. The molecule has 0 aromatic carbocycles. The minimum absolute atomic E-state index is 0.556. The molecule has 0 aliphatic carbocycles. The topological polar surface area (TPSA) is 84.5 Å². The number of hydrogen-bond donors (Lipinski definition) is 2. The van der Waals surface area contributed by atoms with Crippen molar-refractivity contribution in [2.45, 2.75) is 39.2 Å². The van der Waals surface area contributed by atoms with E-state index >= 15 is 0 Å². The summed E-state index contributed by atoms with van der Waals surface area (Å²) in [6.45, 7) is 5.50. The molecule has 0 aliphatic rings. The maximum Gasteiger partial charge on any atom is 0.421 e. The van der Waals surface area contributed by atoms with Crippen molar-refractivity contribution in [3.8, 4) is 0 Å². The first-order valence-electron chi connectivity index (χ1n) is 4.68. The van der Waals surface area contributed by atoms with E-state index in [4.69, 9.17) is 0 Å². The molecule has 0 aliphatic heterocycles. The van der Waals surface area contributed by atoms with Crippen LogP contribution in [-0.4, -0.2) is 27.2 Å². The zero-order chi connectivity index (χ0) is 12.1. The quantitative estimate of drug-likeness (QED) is 0.740. The van der Waals surface area contributed by atoms with Gasteiger partial charge in [0.05, 0.1) is 7.11 Å². The molecule has 0 rings (SSSR count). The molecule has 0 saturated carbocycles. The third kappa shape index (κ3) is 4.98. The molecule has 6 nitrogen and oxygen atoms in total. The van der Waals surface area contributed by atoms with Crippen molar-refractivity contribution in [1.82, 2.24) is 9.44 Å². The lowest BCUT2D eigenvalue weighted by Gasteiger charge is -2.27. The lowest BCUT2D eigenvalue weighted by molar-refractivity contribution is 0.177. The van der Waals surface area contributed by atoms with Crippen LogP contribution in [0, 0.1) is 0 Å². The lowest BCUT2D eigenvalue weighted by atomic mass is 9.98. The molecule has 15 heavy (non-hydrogen) atoms. The van der Waals surface area contributed by atoms with Crippen molar-refractivity contribution in [2.75, 3.05) is 7.11 Å². The third-order valence-corrected chi connectivity index (χ3v) is 3.54. The smallest absolute Gasteiger partial charge is 0.421 e. The van der Waals surface area contributed by atoms with Gasteiger partial charge in [-0.15, -0.1) is 0 Å². The van der Waals surface area contributed by atoms with Crippen LogP contribution >= 0.6 is 0 Å². The van der Waals surface area contributed by atoms with Gasteiger partial charge in [0.15, 0.2) is 0 Å². The van der Waals surface area contributed by atoms with Gasteiger partial charge in [-0.2, -0.15) is 13.1 Å². The van der Waals surface area contributed by atoms with Crippen molar-refractivity contribution >= 4 is 16.3 Å². The van der Waals surface area contributed by atoms with E-state index < -0.39 is 21.8 Å². The van der Waals surface area contributed by atoms with Crippen LogP contribution in [0.15, 0.2) is 0 Å². The predicted molar refractivity (Wildman–Crippen MR) is 56.6 cm³/mol. The summed E-state index contributed by atoms with van der Waals surface area (Å²) in [6, 6.07) is 0. The molecule has 0 saturated heterocycles. The summed E-state index contributed by atoms with van der Waals surface area (Å²) in [4.78, 5) is 10.7. The van der Waals surface area contributed by atoms with Crippen molar-refractivity contribution in [1.29, 1.82) is 0 Å². The molecule has 7 heteroatoms. The van der Waals surface area contributed by atoms with Crippen LogP contribution in [0.2, 0.25) is 0 Å². The van der Waals surface area contributed by atoms with Gasteiger partial charge < -0.3 is 4.74 Å². The van der Waals surface area contributed by atoms with E-state index in [1.807, 2.05) is 13.8 Å². The molecule has 0 aromatic heterocycles. The molecule has 0 spiro atoms. The number of carbonyl (C=O) groups excluding carboxylic acids is 1. The molecule has 0 fully saturated rings. The molecule has 0 unspecified atom stereocenters. The second kappa shape index (κ2) is 5.32. The van der Waals surface area contributed by atoms with Gasteiger partial charge in [-0.1, -0.05) is 13.8 Å². The van der Waals surface area contributed by atoms with Crippen LogP contribution < -0.4 is 9.44 Å². The number of hydrogen-bond acceptors (Lipinski definition) is 4. The van der Waals surface area contributed by atoms with Gasteiger partial charge in [0.2, 0.25) is 0 Å². The maximum absolute atomic E-state index is 11.4. The molecule has 0 bridgehead atoms. The Bertz CT molecular complexity index is 309. The van der Waals surface area contributed by atoms with Gasteiger partial charge in [0, 0.05) is 5.54 Å². The summed E-state index contributed by atoms with van der Waals surface area (Å²) in [5, 5.41) is 0. The fraction of sp³-hybridized carbons (Fsp3) is 0.875. The molecular formula is C8H18N2O4S. The van der Waals surface area contributed by atoms with Crippen LogP contribution in [0.5, 0.6) is 0 Å². The number of methoxy groups -OCH3 is 1. The highest BCUT2D eigenvalue weighted by Crippen LogP contribution is 2.14. The van der Waals surface area contributed by atoms with Crippen LogP contribution in [0.25, 0.3) is 0 Å². The minimum atomic E-state index is -3.85. The Morgan fingerprint density at radius 3 is 2.13 bits per heavy atom. The number of carbonyl (C=O) groups is 1. The summed E-state index contributed by atoms with van der Waals surface area (Å²) in [5.41, 5.74) is -0.556. The Hall–Kier alpha value is -0.820. The second-order valence-electron chi connectivity index (χ2n) is 3.47. The number of ether oxygens (including phenoxy) is 1. The highest BCUT2D eigenvalue weighted by atomic mass is 32.2. The molecule has 0 aromatic rings. The van der Waals surface area contributed by atoms with Crippen LogP contribution in [-0.2, 0) is 14.9 Å². The van der Waals surface area contributed by atoms with Crippen molar-refractivity contribution in [3.05, 3.63) is 0 Å². The summed E-state index contributed by atoms with van der Waals surface area (Å²) < 4.78 is 31.1. The van der Waals surface area contributed by atoms with Crippen LogP contribution in [0.1, 0.15) is 33.6 Å². The van der Waals surface area contributed by atoms with Crippen molar-refractivity contribution < 1.29 is 17.9 Å². The SMILES string of the molecule is CCC(C)(CC)NS(=O)(=O)NC(=O)OC. The van der Waals surface area contributed by atoms with E-state index in [9.17, 15) is 13.2 Å². The van der Waals surface area contributed by atoms with Crippen molar-refractivity contribution in [2.24, 2.45) is 0 Å². The number of rotatable bonds is 5.